The van der Waals surface area contributed by atoms with Gasteiger partial charge in [0.15, 0.2) is 11.6 Å². The minimum Gasteiger partial charge on any atom is -0.356 e. The highest BCUT2D eigenvalue weighted by Crippen LogP contribution is 2.74. The smallest absolute Gasteiger partial charge is 0.226 e. The molecule has 5 rings (SSSR count). The lowest BCUT2D eigenvalue weighted by Crippen LogP contribution is -2.65. The lowest BCUT2D eigenvalue weighted by Gasteiger charge is -2.69. The van der Waals surface area contributed by atoms with E-state index in [0.717, 1.165) is 50.5 Å². The number of carbonyl (C=O) groups is 3. The Morgan fingerprint density at radius 1 is 1.03 bits per heavy atom. The molecule has 0 heterocycles. The van der Waals surface area contributed by atoms with Crippen LogP contribution < -0.4 is 5.32 Å². The second kappa shape index (κ2) is 8.15. The van der Waals surface area contributed by atoms with Gasteiger partial charge in [0, 0.05) is 30.2 Å². The van der Waals surface area contributed by atoms with Gasteiger partial charge in [0.2, 0.25) is 11.6 Å². The molecule has 0 bridgehead atoms. The minimum atomic E-state index is -0.639. The Kier molecular flexibility index (Phi) is 5.87. The van der Waals surface area contributed by atoms with Gasteiger partial charge >= 0.3 is 0 Å². The van der Waals surface area contributed by atoms with Gasteiger partial charge in [-0.05, 0) is 84.5 Å². The first-order chi connectivity index (χ1) is 17.5. The van der Waals surface area contributed by atoms with E-state index in [-0.39, 0.29) is 62.6 Å². The van der Waals surface area contributed by atoms with Gasteiger partial charge in [0.1, 0.15) is 0 Å². The fourth-order valence-electron chi connectivity index (χ4n) is 10.3. The Morgan fingerprint density at radius 2 is 1.68 bits per heavy atom. The van der Waals surface area contributed by atoms with Crippen molar-refractivity contribution in [3.8, 4) is 0 Å². The summed E-state index contributed by atoms with van der Waals surface area (Å²) in [7, 11) is 0. The number of hydrogen-bond acceptors (Lipinski definition) is 3. The average molecular weight is 519 g/mol. The normalized spacial score (nSPS) is 44.8. The molecule has 5 aliphatic carbocycles. The van der Waals surface area contributed by atoms with Crippen LogP contribution in [0.3, 0.4) is 0 Å². The second-order valence-corrected chi connectivity index (χ2v) is 15.5. The molecule has 0 unspecified atom stereocenters. The summed E-state index contributed by atoms with van der Waals surface area (Å²) in [5.74, 6) is 0.378. The molecule has 5 nitrogen and oxygen atoms in total. The first-order valence-electron chi connectivity index (χ1n) is 14.6. The minimum absolute atomic E-state index is 0.00325. The molecule has 0 aromatic carbocycles. The third-order valence-electron chi connectivity index (χ3n) is 12.7. The Bertz CT molecular complexity index is 1220. The molecular weight excluding hydrogens is 472 g/mol. The zero-order valence-corrected chi connectivity index (χ0v) is 24.7. The van der Waals surface area contributed by atoms with Crippen LogP contribution in [0, 0.1) is 56.8 Å². The second-order valence-electron chi connectivity index (χ2n) is 15.5. The third kappa shape index (κ3) is 3.44. The van der Waals surface area contributed by atoms with E-state index in [4.69, 9.17) is 6.57 Å². The third-order valence-corrected chi connectivity index (χ3v) is 12.7. The molecule has 0 aromatic heterocycles. The van der Waals surface area contributed by atoms with E-state index in [9.17, 15) is 14.4 Å². The molecule has 0 saturated heterocycles. The van der Waals surface area contributed by atoms with Crippen molar-refractivity contribution in [2.24, 2.45) is 50.2 Å². The molecule has 0 aromatic rings. The number of allylic oxidation sites excluding steroid dienone is 4. The molecule has 5 aliphatic rings. The Morgan fingerprint density at radius 3 is 2.32 bits per heavy atom. The van der Waals surface area contributed by atoms with Gasteiger partial charge in [0.05, 0.1) is 6.57 Å². The van der Waals surface area contributed by atoms with E-state index in [1.165, 1.54) is 0 Å². The van der Waals surface area contributed by atoms with Crippen LogP contribution >= 0.6 is 0 Å². The molecule has 1 amide bonds. The van der Waals surface area contributed by atoms with Crippen LogP contribution in [0.4, 0.5) is 0 Å². The highest BCUT2D eigenvalue weighted by molar-refractivity contribution is 6.03. The Labute approximate surface area is 229 Å². The highest BCUT2D eigenvalue weighted by Gasteiger charge is 2.69. The molecule has 5 heteroatoms. The van der Waals surface area contributed by atoms with Gasteiger partial charge in [0.25, 0.3) is 0 Å². The predicted molar refractivity (Wildman–Crippen MR) is 149 cm³/mol. The zero-order chi connectivity index (χ0) is 28.1. The van der Waals surface area contributed by atoms with Crippen molar-refractivity contribution >= 4 is 17.5 Å². The molecule has 38 heavy (non-hydrogen) atoms. The van der Waals surface area contributed by atoms with E-state index in [2.05, 4.69) is 44.8 Å². The van der Waals surface area contributed by atoms with Crippen LogP contribution in [-0.2, 0) is 14.4 Å². The maximum Gasteiger partial charge on any atom is 0.226 e. The average Bonchev–Trinajstić information content (AvgIpc) is 2.82. The quantitative estimate of drug-likeness (QED) is 0.414. The lowest BCUT2D eigenvalue weighted by atomic mass is 9.34. The van der Waals surface area contributed by atoms with Crippen molar-refractivity contribution in [3.63, 3.8) is 0 Å². The van der Waals surface area contributed by atoms with E-state index in [1.54, 1.807) is 6.92 Å². The van der Waals surface area contributed by atoms with Crippen LogP contribution in [0.1, 0.15) is 100 Å². The topological polar surface area (TPSA) is 67.6 Å². The Hall–Kier alpha value is -2.22. The zero-order valence-electron chi connectivity index (χ0n) is 24.7. The summed E-state index contributed by atoms with van der Waals surface area (Å²) >= 11 is 0. The molecule has 3 fully saturated rings. The standard InChI is InChI=1S/C33H46N2O3/c1-20(36)35-19-33-14-12-28(2,3)17-21(33)26-23(37)16-25-30(6)18-22(34-9)27(38)29(4,5)24(30)10-11-31(25,7)32(26,8)13-15-33/h16,18,21,24,26H,10-15,17,19H2,1-8H3,(H,35,36)/t21-,24-,26-,30-,31+,32+,33+/m0/s1. The van der Waals surface area contributed by atoms with Gasteiger partial charge in [-0.15, -0.1) is 0 Å². The van der Waals surface area contributed by atoms with E-state index in [0.29, 0.717) is 6.54 Å². The van der Waals surface area contributed by atoms with Crippen LogP contribution in [0.25, 0.3) is 4.85 Å². The van der Waals surface area contributed by atoms with Crippen molar-refractivity contribution < 1.29 is 14.4 Å². The molecule has 1 N–H and O–H groups in total. The summed E-state index contributed by atoms with van der Waals surface area (Å²) < 4.78 is 0. The van der Waals surface area contributed by atoms with Gasteiger partial charge in [-0.3, -0.25) is 9.59 Å². The molecule has 206 valence electrons. The number of nitrogens with zero attached hydrogens (tertiary/aromatic N) is 1. The van der Waals surface area contributed by atoms with Crippen LogP contribution in [0.5, 0.6) is 0 Å². The summed E-state index contributed by atoms with van der Waals surface area (Å²) in [4.78, 5) is 43.4. The summed E-state index contributed by atoms with van der Waals surface area (Å²) in [6, 6.07) is 0. The molecule has 0 aliphatic heterocycles. The highest BCUT2D eigenvalue weighted by atomic mass is 16.1. The number of rotatable bonds is 2. The maximum atomic E-state index is 14.5. The monoisotopic (exact) mass is 518 g/mol. The van der Waals surface area contributed by atoms with Crippen molar-refractivity contribution in [2.45, 2.75) is 100 Å². The van der Waals surface area contributed by atoms with Gasteiger partial charge in [-0.1, -0.05) is 60.1 Å². The Balaban J connectivity index is 1.66. The number of carbonyl (C=O) groups excluding carboxylic acids is 3. The summed E-state index contributed by atoms with van der Waals surface area (Å²) in [5, 5.41) is 3.16. The fraction of sp³-hybridized carbons (Fsp3) is 0.758. The first-order valence-corrected chi connectivity index (χ1v) is 14.6. The van der Waals surface area contributed by atoms with Gasteiger partial charge in [-0.2, -0.15) is 0 Å². The predicted octanol–water partition coefficient (Wildman–Crippen LogP) is 6.70. The number of nitrogens with one attached hydrogen (secondary N) is 1. The molecular formula is C33H46N2O3. The number of ketones is 2. The summed E-state index contributed by atoms with van der Waals surface area (Å²) in [6.45, 7) is 25.6. The SMILES string of the molecule is [C-]#[N+]C1=C[C@]2(C)C3=CC(=O)[C@@H]4[C@@H]5CC(C)(C)CC[C@]5(CNC(C)=O)CC[C@@]4(C)[C@]3(C)CC[C@H]2C(C)(C)C1=O. The van der Waals surface area contributed by atoms with E-state index >= 15 is 0 Å². The number of amides is 1. The molecule has 0 radical (unpaired) electrons. The maximum absolute atomic E-state index is 14.5. The van der Waals surface area contributed by atoms with Gasteiger partial charge < -0.3 is 10.1 Å². The molecule has 0 spiro atoms. The number of Topliss-reactive ketones (excluding diaryl/α,β-unsaturated/α-hetero) is 1. The van der Waals surface area contributed by atoms with Crippen molar-refractivity contribution in [2.75, 3.05) is 6.54 Å². The lowest BCUT2D eigenvalue weighted by molar-refractivity contribution is -0.170. The number of fused-ring (bicyclic) bond motifs is 7. The van der Waals surface area contributed by atoms with Crippen LogP contribution in [-0.4, -0.2) is 24.0 Å². The summed E-state index contributed by atoms with van der Waals surface area (Å²) in [5.41, 5.74) is -0.0406. The first kappa shape index (κ1) is 27.4. The molecule has 7 atom stereocenters. The largest absolute Gasteiger partial charge is 0.356 e. The summed E-state index contributed by atoms with van der Waals surface area (Å²) in [6.07, 6.45) is 10.9. The van der Waals surface area contributed by atoms with Crippen molar-refractivity contribution in [1.29, 1.82) is 0 Å². The van der Waals surface area contributed by atoms with Crippen molar-refractivity contribution in [1.82, 2.24) is 5.32 Å². The van der Waals surface area contributed by atoms with Crippen LogP contribution in [0.2, 0.25) is 0 Å². The van der Waals surface area contributed by atoms with Gasteiger partial charge in [-0.25, -0.2) is 4.85 Å². The van der Waals surface area contributed by atoms with E-state index in [1.807, 2.05) is 26.0 Å². The van der Waals surface area contributed by atoms with Crippen molar-refractivity contribution in [3.05, 3.63) is 34.8 Å². The fourth-order valence-corrected chi connectivity index (χ4v) is 10.3. The van der Waals surface area contributed by atoms with Crippen LogP contribution in [0.15, 0.2) is 23.4 Å². The molecule has 3 saturated carbocycles. The van der Waals surface area contributed by atoms with E-state index < -0.39 is 10.8 Å². The number of hydrogen-bond donors (Lipinski definition) is 1.